The number of nitrogens with zero attached hydrogens (tertiary/aromatic N) is 4. The van der Waals surface area contributed by atoms with Gasteiger partial charge in [-0.2, -0.15) is 4.99 Å². The van der Waals surface area contributed by atoms with E-state index >= 15 is 0 Å². The van der Waals surface area contributed by atoms with Crippen LogP contribution in [-0.2, 0) is 27.2 Å². The van der Waals surface area contributed by atoms with Gasteiger partial charge in [-0.05, 0) is 24.5 Å². The van der Waals surface area contributed by atoms with Gasteiger partial charge in [0.25, 0.3) is 0 Å². The summed E-state index contributed by atoms with van der Waals surface area (Å²) in [6.07, 6.45) is 3.69. The Morgan fingerprint density at radius 3 is 2.89 bits per heavy atom. The molecule has 0 aromatic heterocycles. The van der Waals surface area contributed by atoms with Crippen molar-refractivity contribution < 1.29 is 14.3 Å². The van der Waals surface area contributed by atoms with Gasteiger partial charge in [-0.25, -0.2) is 4.99 Å². The Labute approximate surface area is 166 Å². The van der Waals surface area contributed by atoms with Gasteiger partial charge in [0.2, 0.25) is 0 Å². The minimum atomic E-state index is -0.263. The second-order valence-electron chi connectivity index (χ2n) is 6.55. The predicted octanol–water partition coefficient (Wildman–Crippen LogP) is 2.12. The lowest BCUT2D eigenvalue weighted by molar-refractivity contribution is -0.139. The summed E-state index contributed by atoms with van der Waals surface area (Å²) < 4.78 is 10.4. The van der Waals surface area contributed by atoms with Gasteiger partial charge in [-0.15, -0.1) is 0 Å². The van der Waals surface area contributed by atoms with E-state index in [0.717, 1.165) is 24.0 Å². The van der Waals surface area contributed by atoms with Gasteiger partial charge < -0.3 is 20.1 Å². The Hall–Kier alpha value is -2.90. The number of carbonyl (C=O) groups is 1. The van der Waals surface area contributed by atoms with Crippen molar-refractivity contribution in [3.63, 3.8) is 0 Å². The Morgan fingerprint density at radius 1 is 1.36 bits per heavy atom. The van der Waals surface area contributed by atoms with Crippen LogP contribution in [0.2, 0.25) is 0 Å². The Balaban J connectivity index is 2.14. The first kappa shape index (κ1) is 21.4. The number of carbonyl (C=O) groups excluding carboxylic acids is 1. The zero-order chi connectivity index (χ0) is 20.4. The molecular formula is C20H29N5O3. The van der Waals surface area contributed by atoms with Gasteiger partial charge in [0, 0.05) is 6.54 Å². The van der Waals surface area contributed by atoms with Crippen LogP contribution in [0.3, 0.4) is 0 Å². The van der Waals surface area contributed by atoms with Crippen LogP contribution in [0.15, 0.2) is 39.2 Å². The van der Waals surface area contributed by atoms with Crippen LogP contribution in [-0.4, -0.2) is 55.5 Å². The summed E-state index contributed by atoms with van der Waals surface area (Å²) in [5, 5.41) is 0. The molecule has 1 aliphatic heterocycles. The van der Waals surface area contributed by atoms with Gasteiger partial charge in [-0.1, -0.05) is 37.6 Å². The van der Waals surface area contributed by atoms with Crippen LogP contribution < -0.4 is 5.73 Å². The molecule has 1 atom stereocenters. The molecule has 1 heterocycles. The second-order valence-corrected chi connectivity index (χ2v) is 6.55. The van der Waals surface area contributed by atoms with Gasteiger partial charge in [0.05, 0.1) is 33.0 Å². The molecule has 2 N–H and O–H groups in total. The topological polar surface area (TPSA) is 102 Å². The monoisotopic (exact) mass is 387 g/mol. The van der Waals surface area contributed by atoms with Crippen molar-refractivity contribution in [1.29, 1.82) is 0 Å². The van der Waals surface area contributed by atoms with E-state index in [4.69, 9.17) is 15.2 Å². The SMILES string of the molecule is CCCCOC1=N/C(C)N(Cc2cccc(CC(=O)OC)c2)C=NC/C(N)=N\1. The Morgan fingerprint density at radius 2 is 2.14 bits per heavy atom. The minimum Gasteiger partial charge on any atom is -0.469 e. The lowest BCUT2D eigenvalue weighted by Gasteiger charge is -2.24. The maximum Gasteiger partial charge on any atom is 0.315 e. The number of unbranched alkanes of at least 4 members (excludes halogenated alkanes) is 1. The highest BCUT2D eigenvalue weighted by molar-refractivity contribution is 5.94. The lowest BCUT2D eigenvalue weighted by Crippen LogP contribution is -2.31. The fourth-order valence-electron chi connectivity index (χ4n) is 2.59. The van der Waals surface area contributed by atoms with Crippen molar-refractivity contribution >= 4 is 24.2 Å². The number of hydrogen-bond donors (Lipinski definition) is 1. The maximum absolute atomic E-state index is 11.5. The number of methoxy groups -OCH3 is 1. The zero-order valence-corrected chi connectivity index (χ0v) is 16.8. The average Bonchev–Trinajstić information content (AvgIpc) is 2.72. The summed E-state index contributed by atoms with van der Waals surface area (Å²) in [6.45, 7) is 5.45. The van der Waals surface area contributed by atoms with Crippen molar-refractivity contribution in [3.05, 3.63) is 35.4 Å². The molecule has 1 aromatic carbocycles. The van der Waals surface area contributed by atoms with E-state index in [9.17, 15) is 4.79 Å². The van der Waals surface area contributed by atoms with Crippen molar-refractivity contribution in [1.82, 2.24) is 4.90 Å². The molecule has 0 bridgehead atoms. The molecule has 152 valence electrons. The number of ether oxygens (including phenoxy) is 2. The molecule has 8 nitrogen and oxygen atoms in total. The number of benzene rings is 1. The minimum absolute atomic E-state index is 0.237. The van der Waals surface area contributed by atoms with Crippen LogP contribution in [0.1, 0.15) is 37.8 Å². The van der Waals surface area contributed by atoms with E-state index in [2.05, 4.69) is 21.9 Å². The normalized spacial score (nSPS) is 20.8. The van der Waals surface area contributed by atoms with Crippen LogP contribution in [0.25, 0.3) is 0 Å². The van der Waals surface area contributed by atoms with Crippen molar-refractivity contribution in [2.24, 2.45) is 20.7 Å². The number of nitrogens with two attached hydrogens (primary N) is 1. The molecule has 0 fully saturated rings. The van der Waals surface area contributed by atoms with Crippen molar-refractivity contribution in [3.8, 4) is 0 Å². The first-order valence-electron chi connectivity index (χ1n) is 9.45. The number of rotatable bonds is 7. The highest BCUT2D eigenvalue weighted by atomic mass is 16.5. The van der Waals surface area contributed by atoms with E-state index in [1.54, 1.807) is 6.34 Å². The number of aliphatic imine (C=N–C) groups is 3. The van der Waals surface area contributed by atoms with Crippen molar-refractivity contribution in [2.75, 3.05) is 20.3 Å². The van der Waals surface area contributed by atoms with E-state index in [1.807, 2.05) is 36.1 Å². The lowest BCUT2D eigenvalue weighted by atomic mass is 10.1. The Bertz CT molecular complexity index is 745. The molecule has 0 amide bonds. The summed E-state index contributed by atoms with van der Waals surface area (Å²) in [7, 11) is 1.39. The molecule has 0 spiro atoms. The first-order valence-corrected chi connectivity index (χ1v) is 9.45. The van der Waals surface area contributed by atoms with Crippen molar-refractivity contribution in [2.45, 2.75) is 45.8 Å². The summed E-state index contributed by atoms with van der Waals surface area (Å²) in [5.41, 5.74) is 7.84. The zero-order valence-electron chi connectivity index (χ0n) is 16.8. The summed E-state index contributed by atoms with van der Waals surface area (Å²) >= 11 is 0. The molecule has 1 aliphatic rings. The molecule has 0 radical (unpaired) electrons. The van der Waals surface area contributed by atoms with E-state index in [1.165, 1.54) is 7.11 Å². The van der Waals surface area contributed by atoms with E-state index in [0.29, 0.717) is 19.0 Å². The third-order valence-corrected chi connectivity index (χ3v) is 4.16. The van der Waals surface area contributed by atoms with E-state index in [-0.39, 0.29) is 31.1 Å². The third-order valence-electron chi connectivity index (χ3n) is 4.16. The van der Waals surface area contributed by atoms with Crippen LogP contribution >= 0.6 is 0 Å². The predicted molar refractivity (Wildman–Crippen MR) is 110 cm³/mol. The fraction of sp³-hybridized carbons (Fsp3) is 0.500. The molecule has 0 saturated carbocycles. The maximum atomic E-state index is 11.5. The smallest absolute Gasteiger partial charge is 0.315 e. The number of amidine groups is 2. The summed E-state index contributed by atoms with van der Waals surface area (Å²) in [5.74, 6) is 0.0987. The molecule has 28 heavy (non-hydrogen) atoms. The van der Waals surface area contributed by atoms with Crippen LogP contribution in [0.5, 0.6) is 0 Å². The number of esters is 1. The molecule has 1 aromatic rings. The summed E-state index contributed by atoms with van der Waals surface area (Å²) in [6, 6.07) is 8.10. The van der Waals surface area contributed by atoms with Crippen LogP contribution in [0, 0.1) is 0 Å². The third kappa shape index (κ3) is 7.02. The quantitative estimate of drug-likeness (QED) is 0.570. The molecular weight excluding hydrogens is 358 g/mol. The largest absolute Gasteiger partial charge is 0.469 e. The molecule has 0 saturated heterocycles. The highest BCUT2D eigenvalue weighted by Crippen LogP contribution is 2.12. The molecule has 0 aliphatic carbocycles. The molecule has 2 rings (SSSR count). The number of hydrogen-bond acceptors (Lipinski definition) is 8. The van der Waals surface area contributed by atoms with Gasteiger partial charge in [0.15, 0.2) is 0 Å². The van der Waals surface area contributed by atoms with Gasteiger partial charge >= 0.3 is 12.0 Å². The van der Waals surface area contributed by atoms with E-state index < -0.39 is 0 Å². The van der Waals surface area contributed by atoms with Crippen LogP contribution in [0.4, 0.5) is 0 Å². The average molecular weight is 387 g/mol. The van der Waals surface area contributed by atoms with Gasteiger partial charge in [0.1, 0.15) is 12.0 Å². The highest BCUT2D eigenvalue weighted by Gasteiger charge is 2.15. The Kier molecular flexibility index (Phi) is 8.45. The standard InChI is InChI=1S/C20H29N5O3/c1-4-5-9-28-20-23-15(2)25(14-22-12-18(21)24-20)13-17-8-6-7-16(10-17)11-19(26)27-3/h6-8,10,14-15H,4-5,9,11-13H2,1-3H3,(H2,21,23,24). The summed E-state index contributed by atoms with van der Waals surface area (Å²) in [4.78, 5) is 26.7. The molecule has 8 heteroatoms. The fourth-order valence-corrected chi connectivity index (χ4v) is 2.59. The second kappa shape index (κ2) is 11.1. The first-order chi connectivity index (χ1) is 13.5. The van der Waals surface area contributed by atoms with Gasteiger partial charge in [-0.3, -0.25) is 9.79 Å². The molecule has 1 unspecified atom stereocenters.